The molecule has 6 rings (SSSR count). The molecule has 11 heteroatoms. The highest BCUT2D eigenvalue weighted by Gasteiger charge is 2.58. The number of amides is 2. The minimum atomic E-state index is -0.828. The fourth-order valence-corrected chi connectivity index (χ4v) is 6.87. The molecule has 212 valence electrons. The van der Waals surface area contributed by atoms with E-state index in [9.17, 15) is 14.4 Å². The lowest BCUT2D eigenvalue weighted by atomic mass is 9.76. The summed E-state index contributed by atoms with van der Waals surface area (Å²) in [7, 11) is 0. The number of nitrogens with zero attached hydrogens (tertiary/aromatic N) is 5. The van der Waals surface area contributed by atoms with Crippen LogP contribution in [-0.2, 0) is 16.1 Å². The molecule has 3 heterocycles. The van der Waals surface area contributed by atoms with Gasteiger partial charge in [0.15, 0.2) is 5.78 Å². The molecule has 1 aliphatic heterocycles. The van der Waals surface area contributed by atoms with Crippen molar-refractivity contribution in [2.45, 2.75) is 76.5 Å². The number of carbonyl (C=O) groups is 3. The van der Waals surface area contributed by atoms with Crippen LogP contribution in [0.4, 0.5) is 0 Å². The van der Waals surface area contributed by atoms with Crippen molar-refractivity contribution in [1.82, 2.24) is 30.0 Å². The Morgan fingerprint density at radius 3 is 2.41 bits per heavy atom. The lowest BCUT2D eigenvalue weighted by Gasteiger charge is -2.34. The minimum absolute atomic E-state index is 0.0383. The quantitative estimate of drug-likeness (QED) is 0.252. The van der Waals surface area contributed by atoms with Crippen LogP contribution in [-0.4, -0.2) is 64.7 Å². The Labute approximate surface area is 248 Å². The molecule has 1 N–H and O–H groups in total. The number of halogens is 2. The first-order valence-corrected chi connectivity index (χ1v) is 14.4. The van der Waals surface area contributed by atoms with Gasteiger partial charge in [-0.05, 0) is 63.8 Å². The topological polar surface area (TPSA) is 110 Å². The molecule has 2 amide bonds. The van der Waals surface area contributed by atoms with Gasteiger partial charge in [-0.2, -0.15) is 5.10 Å². The summed E-state index contributed by atoms with van der Waals surface area (Å²) in [4.78, 5) is 50.2. The number of hydrogen-bond acceptors (Lipinski definition) is 6. The van der Waals surface area contributed by atoms with Crippen LogP contribution < -0.4 is 5.32 Å². The van der Waals surface area contributed by atoms with Gasteiger partial charge in [-0.3, -0.25) is 19.1 Å². The molecule has 5 atom stereocenters. The average molecular weight is 594 g/mol. The second-order valence-electron chi connectivity index (χ2n) is 11.7. The third-order valence-corrected chi connectivity index (χ3v) is 9.40. The number of hydrogen-bond donors (Lipinski definition) is 1. The Bertz CT molecular complexity index is 1690. The molecule has 0 bridgehead atoms. The summed E-state index contributed by atoms with van der Waals surface area (Å²) in [6.07, 6.45) is 4.52. The van der Waals surface area contributed by atoms with Crippen LogP contribution in [0.3, 0.4) is 0 Å². The summed E-state index contributed by atoms with van der Waals surface area (Å²) >= 11 is 12.4. The van der Waals surface area contributed by atoms with E-state index in [-0.39, 0.29) is 47.8 Å². The van der Waals surface area contributed by atoms with Crippen molar-refractivity contribution in [3.8, 4) is 23.0 Å². The number of fused-ring (bicyclic) bond motifs is 2. The molecule has 9 nitrogen and oxygen atoms in total. The van der Waals surface area contributed by atoms with Crippen molar-refractivity contribution in [3.05, 3.63) is 41.6 Å². The number of aryl methyl sites for hydroxylation is 2. The average Bonchev–Trinajstić information content (AvgIpc) is 3.29. The van der Waals surface area contributed by atoms with E-state index in [2.05, 4.69) is 32.2 Å². The van der Waals surface area contributed by atoms with Gasteiger partial charge < -0.3 is 10.2 Å². The molecule has 2 aromatic heterocycles. The Kier molecular flexibility index (Phi) is 6.44. The molecule has 3 aromatic rings. The molecular formula is C30H30Cl2N6O3. The van der Waals surface area contributed by atoms with Crippen molar-refractivity contribution in [1.29, 1.82) is 0 Å². The van der Waals surface area contributed by atoms with Crippen molar-refractivity contribution in [3.63, 3.8) is 0 Å². The number of alkyl halides is 2. The maximum Gasteiger partial charge on any atom is 0.246 e. The highest BCUT2D eigenvalue weighted by atomic mass is 35.5. The number of ketones is 1. The number of benzene rings is 1. The van der Waals surface area contributed by atoms with E-state index in [1.165, 1.54) is 6.92 Å². The highest BCUT2D eigenvalue weighted by Crippen LogP contribution is 2.55. The van der Waals surface area contributed by atoms with E-state index in [0.29, 0.717) is 29.6 Å². The maximum atomic E-state index is 13.9. The van der Waals surface area contributed by atoms with Gasteiger partial charge in [-0.15, -0.1) is 23.2 Å². The van der Waals surface area contributed by atoms with Gasteiger partial charge in [0.05, 0.1) is 10.9 Å². The molecule has 3 aliphatic rings. The molecular weight excluding hydrogens is 563 g/mol. The molecule has 1 saturated carbocycles. The van der Waals surface area contributed by atoms with Gasteiger partial charge in [0.1, 0.15) is 34.5 Å². The fourth-order valence-electron chi connectivity index (χ4n) is 6.16. The summed E-state index contributed by atoms with van der Waals surface area (Å²) in [5.74, 6) is 6.12. The third kappa shape index (κ3) is 4.67. The van der Waals surface area contributed by atoms with Crippen molar-refractivity contribution in [2.75, 3.05) is 0 Å². The number of likely N-dealkylation sites (tertiary alicyclic amines) is 1. The Hall–Kier alpha value is -3.48. The fraction of sp³-hybridized carbons (Fsp3) is 0.467. The lowest BCUT2D eigenvalue weighted by Crippen LogP contribution is -2.53. The molecule has 0 spiro atoms. The largest absolute Gasteiger partial charge is 0.351 e. The van der Waals surface area contributed by atoms with Gasteiger partial charge in [-0.25, -0.2) is 9.97 Å². The summed E-state index contributed by atoms with van der Waals surface area (Å²) in [6.45, 7) is 8.91. The zero-order valence-corrected chi connectivity index (χ0v) is 25.0. The van der Waals surface area contributed by atoms with E-state index in [1.807, 2.05) is 39.8 Å². The first-order valence-electron chi connectivity index (χ1n) is 13.6. The van der Waals surface area contributed by atoms with Gasteiger partial charge in [-0.1, -0.05) is 11.8 Å². The van der Waals surface area contributed by atoms with Crippen LogP contribution in [0.15, 0.2) is 24.5 Å². The van der Waals surface area contributed by atoms with Crippen LogP contribution in [0, 0.1) is 37.0 Å². The predicted molar refractivity (Wildman–Crippen MR) is 155 cm³/mol. The summed E-state index contributed by atoms with van der Waals surface area (Å²) in [5, 5.41) is 8.25. The Morgan fingerprint density at radius 2 is 1.83 bits per heavy atom. The maximum absolute atomic E-state index is 13.9. The monoisotopic (exact) mass is 592 g/mol. The van der Waals surface area contributed by atoms with Crippen LogP contribution in [0.5, 0.6) is 0 Å². The van der Waals surface area contributed by atoms with Gasteiger partial charge in [0, 0.05) is 42.2 Å². The smallest absolute Gasteiger partial charge is 0.246 e. The normalized spacial score (nSPS) is 26.0. The van der Waals surface area contributed by atoms with Gasteiger partial charge in [0.25, 0.3) is 0 Å². The second kappa shape index (κ2) is 9.53. The van der Waals surface area contributed by atoms with E-state index < -0.39 is 15.8 Å². The van der Waals surface area contributed by atoms with Crippen LogP contribution in [0.2, 0.25) is 0 Å². The predicted octanol–water partition coefficient (Wildman–Crippen LogP) is 4.00. The standard InChI is InChI=1S/C30H30Cl2N6O3/c1-15-8-19(20-12-33-18(4)34-13-20)9-21-26(17(3)39)36-37(27(15)21)14-25(40)38-23(11-29(5)7-6-24(29)38)28(41)35-16(2)22-10-30(22,31)32/h8-9,12-13,16,22-24H,10-11,14H2,1-5H3,(H,35,41)/t16-,22-,23+,24-,29-/m1/s1. The molecule has 0 unspecified atom stereocenters. The van der Waals surface area contributed by atoms with Crippen LogP contribution in [0.1, 0.15) is 55.5 Å². The highest BCUT2D eigenvalue weighted by molar-refractivity contribution is 6.51. The number of nitrogens with one attached hydrogen (secondary N) is 1. The molecule has 1 aromatic carbocycles. The van der Waals surface area contributed by atoms with E-state index >= 15 is 0 Å². The number of Topliss-reactive ketones (excluding diaryl/α,β-unsaturated/α-hetero) is 1. The van der Waals surface area contributed by atoms with E-state index in [1.54, 1.807) is 22.0 Å². The number of carbonyl (C=O) groups excluding carboxylic acids is 3. The summed E-state index contributed by atoms with van der Waals surface area (Å²) in [6, 6.07) is 2.55. The first kappa shape index (κ1) is 27.7. The molecule has 0 radical (unpaired) electrons. The molecule has 2 fully saturated rings. The first-order chi connectivity index (χ1) is 19.3. The second-order valence-corrected chi connectivity index (χ2v) is 13.3. The number of aromatic nitrogens is 4. The van der Waals surface area contributed by atoms with Crippen molar-refractivity contribution in [2.24, 2.45) is 11.3 Å². The SMILES string of the molecule is CC(=O)c1nn(CC(=O)N2[C@H](C(=O)N[C@H](C)[C@H]3CC3(Cl)Cl)C[C@@]3(C)C#C[C@@H]23)c2c(C)cc(-c3cnc(C)nc3)cc12. The summed E-state index contributed by atoms with van der Waals surface area (Å²) < 4.78 is 0.740. The third-order valence-electron chi connectivity index (χ3n) is 8.54. The lowest BCUT2D eigenvalue weighted by molar-refractivity contribution is -0.140. The molecule has 41 heavy (non-hydrogen) atoms. The molecule has 2 aliphatic carbocycles. The van der Waals surface area contributed by atoms with Crippen LogP contribution >= 0.6 is 23.2 Å². The van der Waals surface area contributed by atoms with Gasteiger partial charge in [0.2, 0.25) is 11.8 Å². The minimum Gasteiger partial charge on any atom is -0.351 e. The van der Waals surface area contributed by atoms with Gasteiger partial charge >= 0.3 is 0 Å². The zero-order chi connectivity index (χ0) is 29.4. The summed E-state index contributed by atoms with van der Waals surface area (Å²) in [5.41, 5.74) is 3.01. The van der Waals surface area contributed by atoms with E-state index in [0.717, 1.165) is 16.7 Å². The van der Waals surface area contributed by atoms with Crippen molar-refractivity contribution < 1.29 is 14.4 Å². The van der Waals surface area contributed by atoms with Crippen molar-refractivity contribution >= 4 is 51.7 Å². The number of rotatable bonds is 7. The Morgan fingerprint density at radius 1 is 1.15 bits per heavy atom. The Balaban J connectivity index is 1.31. The zero-order valence-electron chi connectivity index (χ0n) is 23.5. The van der Waals surface area contributed by atoms with Crippen LogP contribution in [0.25, 0.3) is 22.0 Å². The van der Waals surface area contributed by atoms with E-state index in [4.69, 9.17) is 23.2 Å². The molecule has 1 saturated heterocycles.